The van der Waals surface area contributed by atoms with E-state index in [-0.39, 0.29) is 33.3 Å². The van der Waals surface area contributed by atoms with E-state index < -0.39 is 29.6 Å². The summed E-state index contributed by atoms with van der Waals surface area (Å²) in [7, 11) is 1.40. The minimum atomic E-state index is -4.56. The van der Waals surface area contributed by atoms with Crippen LogP contribution in [0.2, 0.25) is 5.02 Å². The number of hydrazine groups is 1. The molecule has 0 aliphatic rings. The molecule has 3 aromatic rings. The average molecular weight is 496 g/mol. The molecule has 1 atom stereocenters. The maximum Gasteiger partial charge on any atom is 0.416 e. The van der Waals surface area contributed by atoms with E-state index in [0.717, 1.165) is 22.9 Å². The summed E-state index contributed by atoms with van der Waals surface area (Å²) in [5.74, 6) is -1.74. The number of amides is 2. The van der Waals surface area contributed by atoms with Gasteiger partial charge in [0.2, 0.25) is 0 Å². The van der Waals surface area contributed by atoms with Crippen LogP contribution in [0.15, 0.2) is 47.3 Å². The number of alkyl halides is 3. The van der Waals surface area contributed by atoms with E-state index in [9.17, 15) is 27.6 Å². The Bertz CT molecular complexity index is 1310. The van der Waals surface area contributed by atoms with Crippen LogP contribution in [0.5, 0.6) is 0 Å². The van der Waals surface area contributed by atoms with Gasteiger partial charge in [-0.25, -0.2) is 4.68 Å². The lowest BCUT2D eigenvalue weighted by molar-refractivity contribution is -0.137. The Morgan fingerprint density at radius 1 is 1.06 bits per heavy atom. The van der Waals surface area contributed by atoms with Gasteiger partial charge >= 0.3 is 6.18 Å². The van der Waals surface area contributed by atoms with Gasteiger partial charge < -0.3 is 5.32 Å². The second kappa shape index (κ2) is 9.72. The van der Waals surface area contributed by atoms with Crippen molar-refractivity contribution in [3.05, 3.63) is 69.1 Å². The van der Waals surface area contributed by atoms with Gasteiger partial charge in [-0.05, 0) is 30.2 Å². The normalized spacial score (nSPS) is 12.5. The Morgan fingerprint density at radius 3 is 2.29 bits per heavy atom. The van der Waals surface area contributed by atoms with Crippen molar-refractivity contribution in [2.45, 2.75) is 26.1 Å². The number of carbonyl (C=O) groups is 2. The molecule has 180 valence electrons. The fourth-order valence-electron chi connectivity index (χ4n) is 3.23. The molecule has 0 aliphatic heterocycles. The molecule has 0 fully saturated rings. The maximum absolute atomic E-state index is 12.9. The lowest BCUT2D eigenvalue weighted by Crippen LogP contribution is -2.50. The van der Waals surface area contributed by atoms with Gasteiger partial charge in [0.15, 0.2) is 5.69 Å². The number of fused-ring (bicyclic) bond motifs is 1. The third-order valence-electron chi connectivity index (χ3n) is 5.03. The molecule has 1 aromatic heterocycles. The molecule has 1 heterocycles. The number of anilines is 1. The molecule has 8 nitrogen and oxygen atoms in total. The summed E-state index contributed by atoms with van der Waals surface area (Å²) in [6.07, 6.45) is -4.56. The standard InChI is InChI=1S/C22H21ClF3N5O3/c1-11(2)17(27-16-9-8-12(10-15(16)23)22(24,25)26)19(32)28-29-20(33)18-13-6-4-5-7-14(13)21(34)31(3)30-18/h4-11,17,27H,1-3H3,(H,28,32)(H,29,33)/t17-/m0/s1. The number of hydrogen-bond acceptors (Lipinski definition) is 5. The van der Waals surface area contributed by atoms with Crippen molar-refractivity contribution >= 4 is 39.9 Å². The predicted octanol–water partition coefficient (Wildman–Crippen LogP) is 3.50. The number of rotatable bonds is 5. The fraction of sp³-hybridized carbons (Fsp3) is 0.273. The van der Waals surface area contributed by atoms with Crippen molar-refractivity contribution in [2.24, 2.45) is 13.0 Å². The smallest absolute Gasteiger partial charge is 0.372 e. The van der Waals surface area contributed by atoms with Gasteiger partial charge in [-0.3, -0.25) is 25.2 Å². The number of hydrogen-bond donors (Lipinski definition) is 3. The summed E-state index contributed by atoms with van der Waals surface area (Å²) in [5.41, 5.74) is 3.30. The monoisotopic (exact) mass is 495 g/mol. The minimum absolute atomic E-state index is 0.0714. The number of carbonyl (C=O) groups excluding carboxylic acids is 2. The van der Waals surface area contributed by atoms with Gasteiger partial charge in [0.05, 0.1) is 21.7 Å². The van der Waals surface area contributed by atoms with Crippen molar-refractivity contribution in [1.29, 1.82) is 0 Å². The third kappa shape index (κ3) is 5.30. The van der Waals surface area contributed by atoms with E-state index in [2.05, 4.69) is 21.3 Å². The highest BCUT2D eigenvalue weighted by Gasteiger charge is 2.31. The quantitative estimate of drug-likeness (QED) is 0.470. The molecule has 3 N–H and O–H groups in total. The third-order valence-corrected chi connectivity index (χ3v) is 5.34. The van der Waals surface area contributed by atoms with Crippen LogP contribution in [0, 0.1) is 5.92 Å². The van der Waals surface area contributed by atoms with E-state index in [1.165, 1.54) is 7.05 Å². The minimum Gasteiger partial charge on any atom is -0.372 e. The fourth-order valence-corrected chi connectivity index (χ4v) is 3.47. The SMILES string of the molecule is CC(C)[C@H](Nc1ccc(C(F)(F)F)cc1Cl)C(=O)NNC(=O)c1nn(C)c(=O)c2ccccc12. The molecular weight excluding hydrogens is 475 g/mol. The van der Waals surface area contributed by atoms with Crippen LogP contribution in [0.4, 0.5) is 18.9 Å². The number of aromatic nitrogens is 2. The average Bonchev–Trinajstić information content (AvgIpc) is 2.77. The van der Waals surface area contributed by atoms with Crippen LogP contribution in [0.25, 0.3) is 10.8 Å². The first kappa shape index (κ1) is 25.0. The Balaban J connectivity index is 1.76. The zero-order valence-corrected chi connectivity index (χ0v) is 19.1. The molecule has 12 heteroatoms. The number of nitrogens with one attached hydrogen (secondary N) is 3. The molecular formula is C22H21ClF3N5O3. The van der Waals surface area contributed by atoms with Crippen LogP contribution >= 0.6 is 11.6 Å². The van der Waals surface area contributed by atoms with Crippen molar-refractivity contribution in [1.82, 2.24) is 20.6 Å². The van der Waals surface area contributed by atoms with E-state index in [1.54, 1.807) is 38.1 Å². The molecule has 0 saturated heterocycles. The molecule has 0 radical (unpaired) electrons. The van der Waals surface area contributed by atoms with E-state index >= 15 is 0 Å². The topological polar surface area (TPSA) is 105 Å². The molecule has 0 aliphatic carbocycles. The first-order valence-corrected chi connectivity index (χ1v) is 10.5. The first-order valence-electron chi connectivity index (χ1n) is 10.1. The highest BCUT2D eigenvalue weighted by molar-refractivity contribution is 6.33. The molecule has 3 rings (SSSR count). The van der Waals surface area contributed by atoms with Gasteiger partial charge in [0.1, 0.15) is 6.04 Å². The van der Waals surface area contributed by atoms with Gasteiger partial charge in [-0.2, -0.15) is 18.3 Å². The summed E-state index contributed by atoms with van der Waals surface area (Å²) in [5, 5.41) is 7.18. The maximum atomic E-state index is 12.9. The van der Waals surface area contributed by atoms with Crippen LogP contribution < -0.4 is 21.7 Å². The zero-order chi connectivity index (χ0) is 25.2. The van der Waals surface area contributed by atoms with Gasteiger partial charge in [-0.15, -0.1) is 0 Å². The number of aryl methyl sites for hydroxylation is 1. The number of nitrogens with zero attached hydrogens (tertiary/aromatic N) is 2. The Kier molecular flexibility index (Phi) is 7.15. The number of halogens is 4. The van der Waals surface area contributed by atoms with E-state index in [1.807, 2.05) is 0 Å². The largest absolute Gasteiger partial charge is 0.416 e. The van der Waals surface area contributed by atoms with Gasteiger partial charge in [-0.1, -0.05) is 43.6 Å². The zero-order valence-electron chi connectivity index (χ0n) is 18.3. The van der Waals surface area contributed by atoms with Crippen LogP contribution in [0.1, 0.15) is 29.9 Å². The lowest BCUT2D eigenvalue weighted by Gasteiger charge is -2.23. The second-order valence-corrected chi connectivity index (χ2v) is 8.23. The van der Waals surface area contributed by atoms with Crippen LogP contribution in [-0.4, -0.2) is 27.6 Å². The Labute approximate surface area is 197 Å². The van der Waals surface area contributed by atoms with E-state index in [0.29, 0.717) is 5.39 Å². The Morgan fingerprint density at radius 2 is 1.71 bits per heavy atom. The van der Waals surface area contributed by atoms with Gasteiger partial charge in [0.25, 0.3) is 17.4 Å². The summed E-state index contributed by atoms with van der Waals surface area (Å²) < 4.78 is 39.6. The number of benzene rings is 2. The second-order valence-electron chi connectivity index (χ2n) is 7.82. The van der Waals surface area contributed by atoms with Gasteiger partial charge in [0, 0.05) is 12.4 Å². The molecule has 0 spiro atoms. The molecule has 0 unspecified atom stereocenters. The summed E-state index contributed by atoms with van der Waals surface area (Å²) in [6.45, 7) is 3.41. The van der Waals surface area contributed by atoms with Crippen molar-refractivity contribution < 1.29 is 22.8 Å². The first-order chi connectivity index (χ1) is 15.9. The highest BCUT2D eigenvalue weighted by Crippen LogP contribution is 2.34. The summed E-state index contributed by atoms with van der Waals surface area (Å²) >= 11 is 5.98. The molecule has 0 saturated carbocycles. The molecule has 0 bridgehead atoms. The Hall–Kier alpha value is -3.60. The van der Waals surface area contributed by atoms with Crippen LogP contribution in [-0.2, 0) is 18.0 Å². The van der Waals surface area contributed by atoms with Crippen molar-refractivity contribution in [2.75, 3.05) is 5.32 Å². The van der Waals surface area contributed by atoms with E-state index in [4.69, 9.17) is 11.6 Å². The van der Waals surface area contributed by atoms with Crippen molar-refractivity contribution in [3.63, 3.8) is 0 Å². The highest BCUT2D eigenvalue weighted by atomic mass is 35.5. The molecule has 2 amide bonds. The van der Waals surface area contributed by atoms with Crippen LogP contribution in [0.3, 0.4) is 0 Å². The summed E-state index contributed by atoms with van der Waals surface area (Å²) in [4.78, 5) is 37.7. The molecule has 2 aromatic carbocycles. The predicted molar refractivity (Wildman–Crippen MR) is 121 cm³/mol. The molecule has 34 heavy (non-hydrogen) atoms. The summed E-state index contributed by atoms with van der Waals surface area (Å²) in [6, 6.07) is 8.21. The lowest BCUT2D eigenvalue weighted by atomic mass is 10.0. The van der Waals surface area contributed by atoms with Crippen molar-refractivity contribution in [3.8, 4) is 0 Å².